The van der Waals surface area contributed by atoms with Gasteiger partial charge in [-0.15, -0.1) is 0 Å². The topological polar surface area (TPSA) is 68.5 Å². The van der Waals surface area contributed by atoms with Crippen molar-refractivity contribution in [2.24, 2.45) is 0 Å². The minimum absolute atomic E-state index is 0.0157. The number of hydrogen-bond acceptors (Lipinski definition) is 3. The van der Waals surface area contributed by atoms with Crippen LogP contribution in [0.25, 0.3) is 6.08 Å². The van der Waals surface area contributed by atoms with E-state index in [1.807, 2.05) is 59.3 Å². The molecule has 5 nitrogen and oxygen atoms in total. The van der Waals surface area contributed by atoms with E-state index < -0.39 is 5.97 Å². The number of aliphatic carboxylic acids is 1. The quantitative estimate of drug-likeness (QED) is 0.618. The molecule has 0 unspecified atom stereocenters. The number of nitrogens with zero attached hydrogens (tertiary/aromatic N) is 1. The molecule has 1 N–H and O–H groups in total. The molecule has 3 rings (SSSR count). The van der Waals surface area contributed by atoms with Crippen molar-refractivity contribution in [1.82, 2.24) is 4.57 Å². The van der Waals surface area contributed by atoms with E-state index in [1.165, 1.54) is 0 Å². The molecule has 0 bridgehead atoms. The predicted molar refractivity (Wildman–Crippen MR) is 103 cm³/mol. The smallest absolute Gasteiger partial charge is 0.341 e. The van der Waals surface area contributed by atoms with E-state index in [-0.39, 0.29) is 12.4 Å². The van der Waals surface area contributed by atoms with Gasteiger partial charge in [-0.2, -0.15) is 0 Å². The Morgan fingerprint density at radius 3 is 2.59 bits per heavy atom. The number of carbonyl (C=O) groups is 2. The van der Waals surface area contributed by atoms with Crippen molar-refractivity contribution >= 4 is 17.8 Å². The highest BCUT2D eigenvalue weighted by Gasteiger charge is 2.12. The van der Waals surface area contributed by atoms with Crippen LogP contribution in [0.1, 0.15) is 21.6 Å². The van der Waals surface area contributed by atoms with Gasteiger partial charge < -0.3 is 14.4 Å². The first-order valence-electron chi connectivity index (χ1n) is 8.49. The Bertz CT molecular complexity index is 957. The van der Waals surface area contributed by atoms with Gasteiger partial charge in [-0.1, -0.05) is 54.6 Å². The van der Waals surface area contributed by atoms with Crippen molar-refractivity contribution in [2.75, 3.05) is 6.61 Å². The largest absolute Gasteiger partial charge is 0.482 e. The molecule has 0 atom stereocenters. The monoisotopic (exact) mass is 361 g/mol. The SMILES string of the molecule is O=C(O)COc1cccc(/C=C/Cn2cccc2C(=O)c2ccccc2)c1. The summed E-state index contributed by atoms with van der Waals surface area (Å²) in [7, 11) is 0. The number of aromatic nitrogens is 1. The van der Waals surface area contributed by atoms with Crippen molar-refractivity contribution in [3.05, 3.63) is 95.8 Å². The van der Waals surface area contributed by atoms with Crippen LogP contribution in [0.2, 0.25) is 0 Å². The minimum atomic E-state index is -1.01. The number of benzene rings is 2. The number of ketones is 1. The molecular weight excluding hydrogens is 342 g/mol. The first-order valence-corrected chi connectivity index (χ1v) is 8.49. The third-order valence-electron chi connectivity index (χ3n) is 3.93. The van der Waals surface area contributed by atoms with E-state index in [0.717, 1.165) is 5.56 Å². The van der Waals surface area contributed by atoms with E-state index in [1.54, 1.807) is 30.3 Å². The fraction of sp³-hybridized carbons (Fsp3) is 0.0909. The van der Waals surface area contributed by atoms with Gasteiger partial charge in [0.15, 0.2) is 6.61 Å². The summed E-state index contributed by atoms with van der Waals surface area (Å²) in [6.07, 6.45) is 5.72. The molecule has 0 amide bonds. The summed E-state index contributed by atoms with van der Waals surface area (Å²) in [5, 5.41) is 8.68. The maximum Gasteiger partial charge on any atom is 0.341 e. The summed E-state index contributed by atoms with van der Waals surface area (Å²) < 4.78 is 7.06. The first-order chi connectivity index (χ1) is 13.1. The third-order valence-corrected chi connectivity index (χ3v) is 3.93. The molecule has 0 aliphatic carbocycles. The zero-order valence-electron chi connectivity index (χ0n) is 14.6. The molecule has 1 heterocycles. The van der Waals surface area contributed by atoms with Gasteiger partial charge in [0.2, 0.25) is 5.78 Å². The molecule has 5 heteroatoms. The minimum Gasteiger partial charge on any atom is -0.482 e. The van der Waals surface area contributed by atoms with Gasteiger partial charge in [0.1, 0.15) is 5.75 Å². The summed E-state index contributed by atoms with van der Waals surface area (Å²) in [5.74, 6) is -0.530. The standard InChI is InChI=1S/C22H19NO4/c24-21(25)16-27-19-11-4-7-17(15-19)8-5-13-23-14-6-12-20(23)22(26)18-9-2-1-3-10-18/h1-12,14-15H,13,16H2,(H,24,25)/b8-5+. The molecule has 0 saturated carbocycles. The van der Waals surface area contributed by atoms with Crippen molar-refractivity contribution in [3.63, 3.8) is 0 Å². The van der Waals surface area contributed by atoms with Crippen LogP contribution in [-0.2, 0) is 11.3 Å². The van der Waals surface area contributed by atoms with Crippen molar-refractivity contribution in [1.29, 1.82) is 0 Å². The molecule has 27 heavy (non-hydrogen) atoms. The second-order valence-electron chi connectivity index (χ2n) is 5.90. The van der Waals surface area contributed by atoms with Crippen LogP contribution in [-0.4, -0.2) is 28.0 Å². The summed E-state index contributed by atoms with van der Waals surface area (Å²) in [6, 6.07) is 20.0. The van der Waals surface area contributed by atoms with Crippen LogP contribution >= 0.6 is 0 Å². The number of carboxylic acids is 1. The average molecular weight is 361 g/mol. The van der Waals surface area contributed by atoms with Crippen LogP contribution in [0.5, 0.6) is 5.75 Å². The van der Waals surface area contributed by atoms with Gasteiger partial charge in [0.25, 0.3) is 0 Å². The molecule has 2 aromatic carbocycles. The second kappa shape index (κ2) is 8.67. The van der Waals surface area contributed by atoms with E-state index >= 15 is 0 Å². The van der Waals surface area contributed by atoms with Crippen LogP contribution in [0, 0.1) is 0 Å². The number of allylic oxidation sites excluding steroid dienone is 1. The maximum atomic E-state index is 12.6. The zero-order valence-corrected chi connectivity index (χ0v) is 14.6. The normalized spacial score (nSPS) is 10.8. The highest BCUT2D eigenvalue weighted by Crippen LogP contribution is 2.15. The molecule has 0 radical (unpaired) electrons. The zero-order chi connectivity index (χ0) is 19.1. The third kappa shape index (κ3) is 4.95. The average Bonchev–Trinajstić information content (AvgIpc) is 3.15. The van der Waals surface area contributed by atoms with Gasteiger partial charge in [-0.25, -0.2) is 4.79 Å². The summed E-state index contributed by atoms with van der Waals surface area (Å²) in [4.78, 5) is 23.2. The maximum absolute atomic E-state index is 12.6. The molecule has 136 valence electrons. The van der Waals surface area contributed by atoms with Crippen LogP contribution in [0.15, 0.2) is 79.0 Å². The van der Waals surface area contributed by atoms with Gasteiger partial charge in [0.05, 0.1) is 5.69 Å². The predicted octanol–water partition coefficient (Wildman–Crippen LogP) is 3.90. The van der Waals surface area contributed by atoms with E-state index in [2.05, 4.69) is 0 Å². The van der Waals surface area contributed by atoms with Gasteiger partial charge >= 0.3 is 5.97 Å². The molecule has 0 spiro atoms. The molecular formula is C22H19NO4. The lowest BCUT2D eigenvalue weighted by atomic mass is 10.1. The van der Waals surface area contributed by atoms with Crippen molar-refractivity contribution in [2.45, 2.75) is 6.54 Å². The first kappa shape index (κ1) is 18.2. The van der Waals surface area contributed by atoms with Gasteiger partial charge in [-0.3, -0.25) is 4.79 Å². The Kier molecular flexibility index (Phi) is 5.84. The van der Waals surface area contributed by atoms with Gasteiger partial charge in [0, 0.05) is 18.3 Å². The molecule has 1 aromatic heterocycles. The Balaban J connectivity index is 1.68. The highest BCUT2D eigenvalue weighted by atomic mass is 16.5. The number of carboxylic acid groups (broad SMARTS) is 1. The van der Waals surface area contributed by atoms with Crippen LogP contribution < -0.4 is 4.74 Å². The van der Waals surface area contributed by atoms with Gasteiger partial charge in [-0.05, 0) is 29.8 Å². The molecule has 0 aliphatic heterocycles. The molecule has 0 saturated heterocycles. The lowest BCUT2D eigenvalue weighted by Crippen LogP contribution is -2.09. The second-order valence-corrected chi connectivity index (χ2v) is 5.90. The van der Waals surface area contributed by atoms with E-state index in [0.29, 0.717) is 23.6 Å². The Morgan fingerprint density at radius 2 is 1.81 bits per heavy atom. The van der Waals surface area contributed by atoms with E-state index in [9.17, 15) is 9.59 Å². The Labute approximate surface area is 157 Å². The number of carbonyl (C=O) groups excluding carboxylic acids is 1. The Morgan fingerprint density at radius 1 is 1.00 bits per heavy atom. The summed E-state index contributed by atoms with van der Waals surface area (Å²) >= 11 is 0. The lowest BCUT2D eigenvalue weighted by molar-refractivity contribution is -0.139. The van der Waals surface area contributed by atoms with Crippen molar-refractivity contribution < 1.29 is 19.4 Å². The Hall–Kier alpha value is -3.60. The van der Waals surface area contributed by atoms with Crippen LogP contribution in [0.3, 0.4) is 0 Å². The van der Waals surface area contributed by atoms with Crippen LogP contribution in [0.4, 0.5) is 0 Å². The number of hydrogen-bond donors (Lipinski definition) is 1. The van der Waals surface area contributed by atoms with Crippen molar-refractivity contribution in [3.8, 4) is 5.75 Å². The van der Waals surface area contributed by atoms with E-state index in [4.69, 9.17) is 9.84 Å². The summed E-state index contributed by atoms with van der Waals surface area (Å²) in [6.45, 7) is 0.169. The molecule has 3 aromatic rings. The molecule has 0 aliphatic rings. The number of rotatable bonds is 8. The lowest BCUT2D eigenvalue weighted by Gasteiger charge is -2.06. The summed E-state index contributed by atoms with van der Waals surface area (Å²) in [5.41, 5.74) is 2.18. The fourth-order valence-electron chi connectivity index (χ4n) is 2.67. The number of ether oxygens (including phenoxy) is 1. The highest BCUT2D eigenvalue weighted by molar-refractivity contribution is 6.07. The fourth-order valence-corrected chi connectivity index (χ4v) is 2.67. The molecule has 0 fully saturated rings.